The largest absolute Gasteiger partial charge is 0.466 e. The minimum Gasteiger partial charge on any atom is -0.466 e. The van der Waals surface area contributed by atoms with Gasteiger partial charge in [0.2, 0.25) is 0 Å². The van der Waals surface area contributed by atoms with Crippen LogP contribution in [-0.2, 0) is 9.53 Å². The average Bonchev–Trinajstić information content (AvgIpc) is 3.01. The number of pyridine rings is 1. The molecule has 0 aliphatic rings. The molecule has 26 heavy (non-hydrogen) atoms. The van der Waals surface area contributed by atoms with Crippen molar-refractivity contribution in [2.45, 2.75) is 27.2 Å². The maximum absolute atomic E-state index is 12.2. The van der Waals surface area contributed by atoms with Crippen molar-refractivity contribution in [2.24, 2.45) is 0 Å². The highest BCUT2D eigenvalue weighted by Crippen LogP contribution is 2.29. The van der Waals surface area contributed by atoms with Crippen molar-refractivity contribution >= 4 is 22.4 Å². The summed E-state index contributed by atoms with van der Waals surface area (Å²) in [6, 6.07) is 16.0. The van der Waals surface area contributed by atoms with Crippen LogP contribution in [0.1, 0.15) is 32.9 Å². The Labute approximate surface area is 153 Å². The molecule has 0 radical (unpaired) electrons. The first-order valence-electron chi connectivity index (χ1n) is 8.71. The molecule has 2 heterocycles. The molecule has 3 rings (SSSR count). The van der Waals surface area contributed by atoms with E-state index in [0.717, 1.165) is 33.6 Å². The van der Waals surface area contributed by atoms with Gasteiger partial charge in [-0.15, -0.1) is 5.73 Å². The van der Waals surface area contributed by atoms with E-state index >= 15 is 0 Å². The van der Waals surface area contributed by atoms with Gasteiger partial charge in [-0.05, 0) is 50.6 Å². The zero-order valence-electron chi connectivity index (χ0n) is 15.3. The summed E-state index contributed by atoms with van der Waals surface area (Å²) in [6.07, 6.45) is 1.94. The lowest BCUT2D eigenvalue weighted by Gasteiger charge is -2.11. The fourth-order valence-electron chi connectivity index (χ4n) is 2.97. The van der Waals surface area contributed by atoms with Crippen LogP contribution >= 0.6 is 0 Å². The third kappa shape index (κ3) is 3.76. The molecule has 0 aliphatic heterocycles. The number of benzene rings is 1. The van der Waals surface area contributed by atoms with Crippen LogP contribution in [0.4, 0.5) is 0 Å². The van der Waals surface area contributed by atoms with Gasteiger partial charge < -0.3 is 4.74 Å². The molecule has 0 bridgehead atoms. The highest BCUT2D eigenvalue weighted by atomic mass is 16.5. The topological polar surface area (TPSA) is 44.1 Å². The Morgan fingerprint density at radius 3 is 2.62 bits per heavy atom. The molecule has 0 saturated heterocycles. The van der Waals surface area contributed by atoms with Gasteiger partial charge in [0.05, 0.1) is 24.2 Å². The fraction of sp³-hybridized carbons (Fsp3) is 0.227. The fourth-order valence-corrected chi connectivity index (χ4v) is 2.97. The first-order valence-corrected chi connectivity index (χ1v) is 8.71. The van der Waals surface area contributed by atoms with Crippen LogP contribution in [0, 0.1) is 0 Å². The smallest absolute Gasteiger partial charge is 0.310 e. The quantitative estimate of drug-likeness (QED) is 0.486. The first kappa shape index (κ1) is 17.7. The molecule has 0 atom stereocenters. The molecule has 0 unspecified atom stereocenters. The highest BCUT2D eigenvalue weighted by Gasteiger charge is 2.17. The second-order valence-corrected chi connectivity index (χ2v) is 6.20. The number of aromatic nitrogens is 2. The summed E-state index contributed by atoms with van der Waals surface area (Å²) in [5.74, 6) is 0.551. The lowest BCUT2D eigenvalue weighted by atomic mass is 10.1. The van der Waals surface area contributed by atoms with Crippen LogP contribution < -0.4 is 0 Å². The van der Waals surface area contributed by atoms with Gasteiger partial charge in [0, 0.05) is 17.2 Å². The zero-order valence-corrected chi connectivity index (χ0v) is 15.3. The third-order valence-electron chi connectivity index (χ3n) is 3.93. The molecule has 4 heteroatoms. The molecular formula is C22H22N2O2. The van der Waals surface area contributed by atoms with Gasteiger partial charge in [-0.3, -0.25) is 9.36 Å². The number of carbonyl (C=O) groups is 1. The minimum absolute atomic E-state index is 0.169. The molecule has 0 aliphatic carbocycles. The molecule has 1 aromatic carbocycles. The van der Waals surface area contributed by atoms with E-state index in [2.05, 4.69) is 33.5 Å². The molecule has 0 saturated carbocycles. The number of esters is 1. The number of ether oxygens (including phenoxy) is 1. The number of rotatable bonds is 5. The van der Waals surface area contributed by atoms with Crippen LogP contribution in [0.3, 0.4) is 0 Å². The standard InChI is InChI=1S/C22H22N2O2/c1-4-26-22(25)15-18(13-16(2)3)20-14-17-9-5-6-10-19(17)24(20)21-11-7-8-12-23-21/h5-12,14H,4,15H2,1-3H3. The van der Waals surface area contributed by atoms with E-state index in [1.165, 1.54) is 0 Å². The molecule has 0 fully saturated rings. The van der Waals surface area contributed by atoms with E-state index < -0.39 is 0 Å². The monoisotopic (exact) mass is 346 g/mol. The summed E-state index contributed by atoms with van der Waals surface area (Å²) in [4.78, 5) is 16.7. The summed E-state index contributed by atoms with van der Waals surface area (Å²) in [7, 11) is 0. The zero-order chi connectivity index (χ0) is 18.5. The minimum atomic E-state index is -0.255. The van der Waals surface area contributed by atoms with Gasteiger partial charge in [-0.2, -0.15) is 0 Å². The predicted octanol–water partition coefficient (Wildman–Crippen LogP) is 4.93. The number of hydrogen-bond acceptors (Lipinski definition) is 3. The number of nitrogens with zero attached hydrogens (tertiary/aromatic N) is 2. The van der Waals surface area contributed by atoms with Crippen molar-refractivity contribution in [2.75, 3.05) is 6.61 Å². The van der Waals surface area contributed by atoms with Gasteiger partial charge in [0.1, 0.15) is 5.82 Å². The van der Waals surface area contributed by atoms with E-state index in [-0.39, 0.29) is 12.4 Å². The van der Waals surface area contributed by atoms with E-state index in [0.29, 0.717) is 6.61 Å². The van der Waals surface area contributed by atoms with Crippen LogP contribution in [0.5, 0.6) is 0 Å². The van der Waals surface area contributed by atoms with Gasteiger partial charge in [0.25, 0.3) is 0 Å². The Kier molecular flexibility index (Phi) is 5.35. The molecule has 132 valence electrons. The molecule has 4 nitrogen and oxygen atoms in total. The van der Waals surface area contributed by atoms with Crippen molar-refractivity contribution in [3.05, 3.63) is 71.7 Å². The Morgan fingerprint density at radius 2 is 1.92 bits per heavy atom. The summed E-state index contributed by atoms with van der Waals surface area (Å²) in [6.45, 7) is 6.12. The molecular weight excluding hydrogens is 324 g/mol. The lowest BCUT2D eigenvalue weighted by molar-refractivity contribution is -0.141. The average molecular weight is 346 g/mol. The number of para-hydroxylation sites is 1. The van der Waals surface area contributed by atoms with Crippen LogP contribution in [0.2, 0.25) is 0 Å². The molecule has 0 spiro atoms. The number of fused-ring (bicyclic) bond motifs is 1. The van der Waals surface area contributed by atoms with Gasteiger partial charge in [-0.1, -0.05) is 24.3 Å². The maximum Gasteiger partial charge on any atom is 0.310 e. The second kappa shape index (κ2) is 7.85. The van der Waals surface area contributed by atoms with Crippen LogP contribution in [0.15, 0.2) is 66.0 Å². The lowest BCUT2D eigenvalue weighted by Crippen LogP contribution is -2.07. The molecule has 2 aromatic heterocycles. The second-order valence-electron chi connectivity index (χ2n) is 6.20. The Balaban J connectivity index is 2.25. The Bertz CT molecular complexity index is 989. The van der Waals surface area contributed by atoms with Gasteiger partial charge in [0.15, 0.2) is 0 Å². The van der Waals surface area contributed by atoms with E-state index in [1.807, 2.05) is 51.1 Å². The molecule has 3 aromatic rings. The van der Waals surface area contributed by atoms with Crippen molar-refractivity contribution < 1.29 is 9.53 Å². The van der Waals surface area contributed by atoms with Crippen molar-refractivity contribution in [1.82, 2.24) is 9.55 Å². The van der Waals surface area contributed by atoms with Crippen molar-refractivity contribution in [1.29, 1.82) is 0 Å². The van der Waals surface area contributed by atoms with E-state index in [9.17, 15) is 4.79 Å². The van der Waals surface area contributed by atoms with Crippen LogP contribution in [0.25, 0.3) is 22.3 Å². The van der Waals surface area contributed by atoms with Crippen molar-refractivity contribution in [3.63, 3.8) is 0 Å². The maximum atomic E-state index is 12.2. The summed E-state index contributed by atoms with van der Waals surface area (Å²) >= 11 is 0. The van der Waals surface area contributed by atoms with Crippen LogP contribution in [-0.4, -0.2) is 22.1 Å². The number of hydrogen-bond donors (Lipinski definition) is 0. The summed E-state index contributed by atoms with van der Waals surface area (Å²) in [5, 5.41) is 1.09. The summed E-state index contributed by atoms with van der Waals surface area (Å²) < 4.78 is 7.23. The Morgan fingerprint density at radius 1 is 1.15 bits per heavy atom. The Hall–Kier alpha value is -3.10. The SMILES string of the molecule is CCOC(=O)CC(=C=C(C)C)c1cc2ccccc2n1-c1ccccn1. The number of carbonyl (C=O) groups excluding carboxylic acids is 1. The summed E-state index contributed by atoms with van der Waals surface area (Å²) in [5.41, 5.74) is 7.08. The third-order valence-corrected chi connectivity index (χ3v) is 3.93. The normalized spacial score (nSPS) is 10.4. The highest BCUT2D eigenvalue weighted by molar-refractivity contribution is 5.91. The van der Waals surface area contributed by atoms with Crippen molar-refractivity contribution in [3.8, 4) is 5.82 Å². The molecule has 0 amide bonds. The van der Waals surface area contributed by atoms with E-state index in [1.54, 1.807) is 6.20 Å². The van der Waals surface area contributed by atoms with Gasteiger partial charge >= 0.3 is 5.97 Å². The van der Waals surface area contributed by atoms with Gasteiger partial charge in [-0.25, -0.2) is 4.98 Å². The first-order chi connectivity index (χ1) is 12.6. The van der Waals surface area contributed by atoms with E-state index in [4.69, 9.17) is 4.74 Å². The molecule has 0 N–H and O–H groups in total. The predicted molar refractivity (Wildman–Crippen MR) is 104 cm³/mol.